The summed E-state index contributed by atoms with van der Waals surface area (Å²) >= 11 is 5.76. The Balaban J connectivity index is 2.17. The predicted molar refractivity (Wildman–Crippen MR) is 60.5 cm³/mol. The molecule has 0 aliphatic carbocycles. The van der Waals surface area contributed by atoms with Crippen molar-refractivity contribution >= 4 is 23.3 Å². The van der Waals surface area contributed by atoms with Gasteiger partial charge in [0.05, 0.1) is 11.4 Å². The highest BCUT2D eigenvalue weighted by Gasteiger charge is 2.23. The Morgan fingerprint density at radius 3 is 2.44 bits per heavy atom. The van der Waals surface area contributed by atoms with E-state index in [2.05, 4.69) is 10.9 Å². The number of aliphatic carboxylic acids is 1. The van der Waals surface area contributed by atoms with E-state index in [1.807, 2.05) is 0 Å². The van der Waals surface area contributed by atoms with Gasteiger partial charge in [0.2, 0.25) is 0 Å². The topological polar surface area (TPSA) is 64.6 Å². The van der Waals surface area contributed by atoms with Crippen molar-refractivity contribution in [1.82, 2.24) is 10.9 Å². The Morgan fingerprint density at radius 1 is 1.31 bits per heavy atom. The van der Waals surface area contributed by atoms with Crippen LogP contribution in [0.1, 0.15) is 6.92 Å². The Morgan fingerprint density at radius 2 is 1.94 bits per heavy atom. The quantitative estimate of drug-likeness (QED) is 0.730. The molecule has 0 fully saturated rings. The summed E-state index contributed by atoms with van der Waals surface area (Å²) in [7, 11) is 0. The fraction of sp³-hybridized carbons (Fsp3) is 0.100. The maximum Gasteiger partial charge on any atom is 0.355 e. The zero-order chi connectivity index (χ0) is 11.7. The Bertz CT molecular complexity index is 456. The van der Waals surface area contributed by atoms with E-state index >= 15 is 0 Å². The van der Waals surface area contributed by atoms with Gasteiger partial charge in [-0.1, -0.05) is 11.6 Å². The van der Waals surface area contributed by atoms with Gasteiger partial charge in [0.15, 0.2) is 5.70 Å². The second-order valence-electron chi connectivity index (χ2n) is 3.34. The van der Waals surface area contributed by atoms with Crippen molar-refractivity contribution < 1.29 is 9.90 Å². The fourth-order valence-electron chi connectivity index (χ4n) is 1.37. The van der Waals surface area contributed by atoms with E-state index in [0.29, 0.717) is 10.7 Å². The largest absolute Gasteiger partial charge is 0.476 e. The first kappa shape index (κ1) is 10.6. The van der Waals surface area contributed by atoms with Gasteiger partial charge in [0.1, 0.15) is 0 Å². The summed E-state index contributed by atoms with van der Waals surface area (Å²) in [6, 6.07) is 7.02. The Hall–Kier alpha value is -1.88. The highest BCUT2D eigenvalue weighted by Crippen LogP contribution is 2.19. The normalized spacial score (nSPS) is 14.8. The lowest BCUT2D eigenvalue weighted by Gasteiger charge is -2.19. The first-order chi connectivity index (χ1) is 7.58. The summed E-state index contributed by atoms with van der Waals surface area (Å²) in [6.07, 6.45) is 0. The van der Waals surface area contributed by atoms with E-state index in [-0.39, 0.29) is 5.70 Å². The number of benzene rings is 1. The molecule has 5 nitrogen and oxygen atoms in total. The monoisotopic (exact) mass is 239 g/mol. The van der Waals surface area contributed by atoms with Crippen molar-refractivity contribution in [3.63, 3.8) is 0 Å². The number of carbonyl (C=O) groups is 1. The maximum atomic E-state index is 10.8. The van der Waals surface area contributed by atoms with Gasteiger partial charge in [-0.25, -0.2) is 4.79 Å². The molecule has 1 aliphatic rings. The number of rotatable bonds is 2. The molecule has 16 heavy (non-hydrogen) atoms. The van der Waals surface area contributed by atoms with E-state index in [1.54, 1.807) is 31.2 Å². The molecule has 0 radical (unpaired) electrons. The minimum atomic E-state index is -0.999. The Kier molecular flexibility index (Phi) is 2.62. The van der Waals surface area contributed by atoms with Crippen LogP contribution in [0.2, 0.25) is 5.02 Å². The van der Waals surface area contributed by atoms with Gasteiger partial charge < -0.3 is 5.11 Å². The number of hydrogen-bond acceptors (Lipinski definition) is 4. The van der Waals surface area contributed by atoms with Crippen LogP contribution < -0.4 is 16.0 Å². The van der Waals surface area contributed by atoms with Crippen molar-refractivity contribution in [2.75, 3.05) is 5.12 Å². The van der Waals surface area contributed by atoms with Crippen molar-refractivity contribution in [2.24, 2.45) is 0 Å². The van der Waals surface area contributed by atoms with Crippen LogP contribution in [0.4, 0.5) is 5.69 Å². The highest BCUT2D eigenvalue weighted by atomic mass is 35.5. The Labute approximate surface area is 97.3 Å². The zero-order valence-corrected chi connectivity index (χ0v) is 9.25. The molecule has 0 aromatic heterocycles. The maximum absolute atomic E-state index is 10.8. The molecule has 3 N–H and O–H groups in total. The third kappa shape index (κ3) is 1.90. The minimum Gasteiger partial charge on any atom is -0.476 e. The van der Waals surface area contributed by atoms with Crippen LogP contribution in [0.15, 0.2) is 35.7 Å². The van der Waals surface area contributed by atoms with Gasteiger partial charge >= 0.3 is 5.97 Å². The number of allylic oxidation sites excluding steroid dienone is 1. The van der Waals surface area contributed by atoms with Gasteiger partial charge in [0.25, 0.3) is 0 Å². The molecular weight excluding hydrogens is 230 g/mol. The molecule has 6 heteroatoms. The summed E-state index contributed by atoms with van der Waals surface area (Å²) in [4.78, 5) is 10.8. The standard InChI is InChI=1S/C10H10ClN3O2/c1-6-9(10(15)16)13-14(12-6)8-4-2-7(11)3-5-8/h2-5,12-13H,1H3,(H,15,16). The molecule has 1 heterocycles. The number of hydrogen-bond donors (Lipinski definition) is 3. The van der Waals surface area contributed by atoms with Crippen LogP contribution in [0.3, 0.4) is 0 Å². The smallest absolute Gasteiger partial charge is 0.355 e. The first-order valence-electron chi connectivity index (χ1n) is 4.61. The van der Waals surface area contributed by atoms with Crippen LogP contribution in [-0.2, 0) is 4.79 Å². The van der Waals surface area contributed by atoms with Crippen LogP contribution in [0, 0.1) is 0 Å². The molecule has 0 saturated heterocycles. The second-order valence-corrected chi connectivity index (χ2v) is 3.78. The van der Waals surface area contributed by atoms with E-state index in [4.69, 9.17) is 16.7 Å². The lowest BCUT2D eigenvalue weighted by atomic mass is 10.3. The summed E-state index contributed by atoms with van der Waals surface area (Å²) in [6.45, 7) is 1.69. The van der Waals surface area contributed by atoms with Gasteiger partial charge in [-0.15, -0.1) is 0 Å². The molecule has 0 amide bonds. The van der Waals surface area contributed by atoms with Crippen molar-refractivity contribution in [1.29, 1.82) is 0 Å². The first-order valence-corrected chi connectivity index (χ1v) is 4.99. The summed E-state index contributed by atoms with van der Waals surface area (Å²) < 4.78 is 0. The number of halogens is 1. The average molecular weight is 240 g/mol. The molecule has 84 valence electrons. The number of hydrazine groups is 2. The van der Waals surface area contributed by atoms with E-state index in [9.17, 15) is 4.79 Å². The third-order valence-corrected chi connectivity index (χ3v) is 2.43. The summed E-state index contributed by atoms with van der Waals surface area (Å²) in [5.74, 6) is -0.999. The van der Waals surface area contributed by atoms with Crippen molar-refractivity contribution in [3.05, 3.63) is 40.7 Å². The SMILES string of the molecule is CC1=C(C(=O)O)NN(c2ccc(Cl)cc2)N1. The number of carboxylic acids is 1. The van der Waals surface area contributed by atoms with Gasteiger partial charge in [-0.2, -0.15) is 5.12 Å². The number of nitrogens with one attached hydrogen (secondary N) is 2. The van der Waals surface area contributed by atoms with Gasteiger partial charge in [-0.3, -0.25) is 10.9 Å². The molecule has 1 aromatic carbocycles. The molecule has 0 atom stereocenters. The minimum absolute atomic E-state index is 0.134. The van der Waals surface area contributed by atoms with E-state index < -0.39 is 5.97 Å². The molecule has 0 spiro atoms. The van der Waals surface area contributed by atoms with Gasteiger partial charge in [0, 0.05) is 5.02 Å². The molecule has 1 aromatic rings. The molecule has 0 bridgehead atoms. The lowest BCUT2D eigenvalue weighted by Crippen LogP contribution is -2.40. The van der Waals surface area contributed by atoms with Crippen LogP contribution in [0.25, 0.3) is 0 Å². The van der Waals surface area contributed by atoms with Crippen molar-refractivity contribution in [2.45, 2.75) is 6.92 Å². The number of anilines is 1. The van der Waals surface area contributed by atoms with Crippen LogP contribution >= 0.6 is 11.6 Å². The molecular formula is C10H10ClN3O2. The third-order valence-electron chi connectivity index (χ3n) is 2.18. The summed E-state index contributed by atoms with van der Waals surface area (Å²) in [5.41, 5.74) is 7.10. The molecule has 0 unspecified atom stereocenters. The van der Waals surface area contributed by atoms with Crippen molar-refractivity contribution in [3.8, 4) is 0 Å². The molecule has 2 rings (SSSR count). The number of nitrogens with zero attached hydrogens (tertiary/aromatic N) is 1. The highest BCUT2D eigenvalue weighted by molar-refractivity contribution is 6.30. The van der Waals surface area contributed by atoms with Crippen LogP contribution in [-0.4, -0.2) is 11.1 Å². The molecule has 1 aliphatic heterocycles. The lowest BCUT2D eigenvalue weighted by molar-refractivity contribution is -0.133. The van der Waals surface area contributed by atoms with E-state index in [0.717, 1.165) is 5.69 Å². The zero-order valence-electron chi connectivity index (χ0n) is 8.49. The number of carboxylic acid groups (broad SMARTS) is 1. The molecule has 0 saturated carbocycles. The summed E-state index contributed by atoms with van der Waals surface area (Å²) in [5, 5.41) is 11.0. The second kappa shape index (κ2) is 3.94. The van der Waals surface area contributed by atoms with E-state index in [1.165, 1.54) is 5.12 Å². The van der Waals surface area contributed by atoms with Crippen LogP contribution in [0.5, 0.6) is 0 Å². The van der Waals surface area contributed by atoms with Gasteiger partial charge in [-0.05, 0) is 31.2 Å². The fourth-order valence-corrected chi connectivity index (χ4v) is 1.50. The predicted octanol–water partition coefficient (Wildman–Crippen LogP) is 1.49. The average Bonchev–Trinajstić information content (AvgIpc) is 2.61.